The lowest BCUT2D eigenvalue weighted by Crippen LogP contribution is -2.45. The number of amides is 1. The fourth-order valence-electron chi connectivity index (χ4n) is 10.0. The van der Waals surface area contributed by atoms with E-state index in [0.717, 1.165) is 25.7 Å². The quantitative estimate of drug-likeness (QED) is 0.0533. The van der Waals surface area contributed by atoms with E-state index >= 15 is 0 Å². The van der Waals surface area contributed by atoms with Gasteiger partial charge in [-0.05, 0) is 12.8 Å². The van der Waals surface area contributed by atoms with Gasteiger partial charge in [0, 0.05) is 6.42 Å². The highest BCUT2D eigenvalue weighted by Crippen LogP contribution is 2.19. The molecule has 0 spiro atoms. The molecule has 0 heterocycles. The molecule has 0 aliphatic heterocycles. The zero-order valence-electron chi connectivity index (χ0n) is 44.3. The van der Waals surface area contributed by atoms with Gasteiger partial charge in [0.05, 0.1) is 18.8 Å². The second-order valence-corrected chi connectivity index (χ2v) is 21.1. The first-order chi connectivity index (χ1) is 31.7. The van der Waals surface area contributed by atoms with Crippen molar-refractivity contribution >= 4 is 5.91 Å². The van der Waals surface area contributed by atoms with E-state index in [0.29, 0.717) is 12.8 Å². The summed E-state index contributed by atoms with van der Waals surface area (Å²) < 4.78 is 0. The first kappa shape index (κ1) is 63.4. The summed E-state index contributed by atoms with van der Waals surface area (Å²) in [6.45, 7) is 4.41. The summed E-state index contributed by atoms with van der Waals surface area (Å²) in [5.41, 5.74) is 0. The topological polar surface area (TPSA) is 69.6 Å². The van der Waals surface area contributed by atoms with Crippen molar-refractivity contribution in [3.8, 4) is 0 Å². The van der Waals surface area contributed by atoms with Gasteiger partial charge in [-0.2, -0.15) is 0 Å². The average Bonchev–Trinajstić information content (AvgIpc) is 3.30. The van der Waals surface area contributed by atoms with E-state index in [9.17, 15) is 15.0 Å². The SMILES string of the molecule is CCCCCCCCCCCCCCCCCCCCCCCCCCCCCC(=O)NC(CO)C(O)CCCCCCCCCCCCCCCCCCCCCCCCCCC. The van der Waals surface area contributed by atoms with Crippen LogP contribution in [-0.2, 0) is 4.79 Å². The molecule has 4 heteroatoms. The number of aliphatic hydroxyl groups is 2. The molecule has 0 aliphatic carbocycles. The van der Waals surface area contributed by atoms with Crippen molar-refractivity contribution in [2.24, 2.45) is 0 Å². The summed E-state index contributed by atoms with van der Waals surface area (Å²) in [4.78, 5) is 12.5. The van der Waals surface area contributed by atoms with Gasteiger partial charge in [0.1, 0.15) is 0 Å². The van der Waals surface area contributed by atoms with E-state index < -0.39 is 12.1 Å². The van der Waals surface area contributed by atoms with Crippen LogP contribution in [0.15, 0.2) is 0 Å². The lowest BCUT2D eigenvalue weighted by atomic mass is 10.0. The highest BCUT2D eigenvalue weighted by Gasteiger charge is 2.20. The molecule has 3 N–H and O–H groups in total. The van der Waals surface area contributed by atoms with E-state index in [4.69, 9.17) is 0 Å². The van der Waals surface area contributed by atoms with E-state index in [2.05, 4.69) is 19.2 Å². The van der Waals surface area contributed by atoms with Crippen LogP contribution >= 0.6 is 0 Å². The van der Waals surface area contributed by atoms with Crippen LogP contribution in [0.4, 0.5) is 0 Å². The van der Waals surface area contributed by atoms with Crippen molar-refractivity contribution in [2.75, 3.05) is 6.61 Å². The minimum absolute atomic E-state index is 0.0208. The standard InChI is InChI=1S/C60H121NO3/c1-3-5-7-9-11-13-15-17-19-21-23-25-27-29-30-32-34-36-38-40-42-44-46-48-50-52-54-56-60(64)61-58(57-62)59(63)55-53-51-49-47-45-43-41-39-37-35-33-31-28-26-24-22-20-18-16-14-12-10-8-6-4-2/h58-59,62-63H,3-57H2,1-2H3,(H,61,64). The Kier molecular flexibility index (Phi) is 56.2. The Morgan fingerprint density at radius 1 is 0.312 bits per heavy atom. The summed E-state index contributed by atoms with van der Waals surface area (Å²) in [5.74, 6) is -0.0208. The molecule has 0 aliphatic rings. The molecule has 64 heavy (non-hydrogen) atoms. The van der Waals surface area contributed by atoms with Crippen LogP contribution in [0.3, 0.4) is 0 Å². The third kappa shape index (κ3) is 52.4. The number of nitrogens with one attached hydrogen (secondary N) is 1. The zero-order chi connectivity index (χ0) is 46.3. The fourth-order valence-corrected chi connectivity index (χ4v) is 10.0. The van der Waals surface area contributed by atoms with Gasteiger partial charge in [0.2, 0.25) is 5.91 Å². The molecule has 4 nitrogen and oxygen atoms in total. The van der Waals surface area contributed by atoms with Crippen LogP contribution in [0, 0.1) is 0 Å². The minimum atomic E-state index is -0.655. The van der Waals surface area contributed by atoms with Crippen molar-refractivity contribution in [3.63, 3.8) is 0 Å². The Bertz CT molecular complexity index is 849. The smallest absolute Gasteiger partial charge is 0.220 e. The second-order valence-electron chi connectivity index (χ2n) is 21.1. The van der Waals surface area contributed by atoms with E-state index in [-0.39, 0.29) is 12.5 Å². The van der Waals surface area contributed by atoms with Crippen molar-refractivity contribution < 1.29 is 15.0 Å². The Balaban J connectivity index is 3.38. The zero-order valence-corrected chi connectivity index (χ0v) is 44.3. The monoisotopic (exact) mass is 904 g/mol. The highest BCUT2D eigenvalue weighted by atomic mass is 16.3. The second kappa shape index (κ2) is 56.7. The van der Waals surface area contributed by atoms with Crippen LogP contribution < -0.4 is 5.32 Å². The Labute approximate surface area is 404 Å². The van der Waals surface area contributed by atoms with Crippen molar-refractivity contribution in [1.82, 2.24) is 5.32 Å². The normalized spacial score (nSPS) is 12.6. The molecule has 2 atom stereocenters. The van der Waals surface area contributed by atoms with Gasteiger partial charge in [0.15, 0.2) is 0 Å². The third-order valence-electron chi connectivity index (χ3n) is 14.6. The molecule has 0 rings (SSSR count). The van der Waals surface area contributed by atoms with Gasteiger partial charge in [-0.3, -0.25) is 4.79 Å². The molecule has 0 saturated carbocycles. The predicted octanol–water partition coefficient (Wildman–Crippen LogP) is 19.9. The number of carbonyl (C=O) groups excluding carboxylic acids is 1. The minimum Gasteiger partial charge on any atom is -0.394 e. The van der Waals surface area contributed by atoms with Gasteiger partial charge in [-0.25, -0.2) is 0 Å². The fraction of sp³-hybridized carbons (Fsp3) is 0.983. The van der Waals surface area contributed by atoms with Gasteiger partial charge in [0.25, 0.3) is 0 Å². The summed E-state index contributed by atoms with van der Waals surface area (Å²) in [5, 5.41) is 23.4. The summed E-state index contributed by atoms with van der Waals surface area (Å²) in [6.07, 6.45) is 72.6. The number of aliphatic hydroxyl groups excluding tert-OH is 2. The molecule has 1 amide bonds. The van der Waals surface area contributed by atoms with Gasteiger partial charge in [-0.1, -0.05) is 341 Å². The molecule has 2 unspecified atom stereocenters. The summed E-state index contributed by atoms with van der Waals surface area (Å²) in [7, 11) is 0. The van der Waals surface area contributed by atoms with Crippen molar-refractivity contribution in [2.45, 2.75) is 373 Å². The van der Waals surface area contributed by atoms with Crippen LogP contribution in [0.5, 0.6) is 0 Å². The maximum Gasteiger partial charge on any atom is 0.220 e. The molecule has 0 saturated heterocycles. The number of carbonyl (C=O) groups is 1. The van der Waals surface area contributed by atoms with Gasteiger partial charge >= 0.3 is 0 Å². The number of rotatable bonds is 57. The van der Waals surface area contributed by atoms with Crippen molar-refractivity contribution in [1.29, 1.82) is 0 Å². The average molecular weight is 905 g/mol. The maximum absolute atomic E-state index is 12.5. The molecule has 0 aromatic rings. The molecule has 0 fully saturated rings. The number of hydrogen-bond acceptors (Lipinski definition) is 3. The molecule has 384 valence electrons. The summed E-state index contributed by atoms with van der Waals surface area (Å²) in [6, 6.07) is -0.532. The van der Waals surface area contributed by atoms with Crippen LogP contribution in [0.1, 0.15) is 361 Å². The lowest BCUT2D eigenvalue weighted by Gasteiger charge is -2.22. The van der Waals surface area contributed by atoms with E-state index in [1.807, 2.05) is 0 Å². The first-order valence-electron chi connectivity index (χ1n) is 30.2. The first-order valence-corrected chi connectivity index (χ1v) is 30.2. The molecule has 0 radical (unpaired) electrons. The lowest BCUT2D eigenvalue weighted by molar-refractivity contribution is -0.123. The van der Waals surface area contributed by atoms with Crippen LogP contribution in [-0.4, -0.2) is 34.9 Å². The number of unbranched alkanes of at least 4 members (excludes halogenated alkanes) is 50. The molecular weight excluding hydrogens is 783 g/mol. The molecule has 0 aromatic heterocycles. The van der Waals surface area contributed by atoms with E-state index in [1.165, 1.54) is 308 Å². The summed E-state index contributed by atoms with van der Waals surface area (Å²) >= 11 is 0. The Hall–Kier alpha value is -0.610. The largest absolute Gasteiger partial charge is 0.394 e. The van der Waals surface area contributed by atoms with E-state index in [1.54, 1.807) is 0 Å². The van der Waals surface area contributed by atoms with Gasteiger partial charge in [-0.15, -0.1) is 0 Å². The van der Waals surface area contributed by atoms with Crippen molar-refractivity contribution in [3.05, 3.63) is 0 Å². The highest BCUT2D eigenvalue weighted by molar-refractivity contribution is 5.76. The van der Waals surface area contributed by atoms with Crippen LogP contribution in [0.25, 0.3) is 0 Å². The molecule has 0 aromatic carbocycles. The molecule has 0 bridgehead atoms. The van der Waals surface area contributed by atoms with Gasteiger partial charge < -0.3 is 15.5 Å². The Morgan fingerprint density at radius 2 is 0.500 bits per heavy atom. The maximum atomic E-state index is 12.5. The third-order valence-corrected chi connectivity index (χ3v) is 14.6. The number of hydrogen-bond donors (Lipinski definition) is 3. The molecular formula is C60H121NO3. The Morgan fingerprint density at radius 3 is 0.703 bits per heavy atom. The van der Waals surface area contributed by atoms with Crippen LogP contribution in [0.2, 0.25) is 0 Å². The predicted molar refractivity (Wildman–Crippen MR) is 286 cm³/mol.